The molecule has 0 saturated heterocycles. The molecule has 1 aliphatic heterocycles. The summed E-state index contributed by atoms with van der Waals surface area (Å²) in [6, 6.07) is 4.65. The smallest absolute Gasteiger partial charge is 0.254 e. The van der Waals surface area contributed by atoms with Gasteiger partial charge < -0.3 is 14.8 Å². The van der Waals surface area contributed by atoms with Gasteiger partial charge in [0.2, 0.25) is 10.0 Å². The fraction of sp³-hybridized carbons (Fsp3) is 0.500. The Bertz CT molecular complexity index is 1220. The standard InChI is InChI=1S/C22H26BrFN2O5S/c1-13-17(9-14-4-5-15(23)10-18(14)24)20(19-3-2-8-26(19)21(13)29)25-32(30,31)22(6-7-22)11-16(28)12-27/h4-5,10,16,25,27-28H,2-3,6-9,11-12H2,1H3. The number of aromatic nitrogens is 1. The summed E-state index contributed by atoms with van der Waals surface area (Å²) >= 11 is 3.23. The molecule has 174 valence electrons. The summed E-state index contributed by atoms with van der Waals surface area (Å²) in [4.78, 5) is 12.9. The van der Waals surface area contributed by atoms with Gasteiger partial charge in [-0.15, -0.1) is 0 Å². The van der Waals surface area contributed by atoms with Crippen LogP contribution in [0.3, 0.4) is 0 Å². The Labute approximate surface area is 194 Å². The van der Waals surface area contributed by atoms with Crippen molar-refractivity contribution in [2.45, 2.75) is 62.8 Å². The second-order valence-corrected chi connectivity index (χ2v) is 11.7. The number of nitrogens with zero attached hydrogens (tertiary/aromatic N) is 1. The van der Waals surface area contributed by atoms with E-state index in [1.54, 1.807) is 23.6 Å². The molecule has 2 aromatic rings. The van der Waals surface area contributed by atoms with Crippen molar-refractivity contribution >= 4 is 31.6 Å². The SMILES string of the molecule is Cc1c(Cc2ccc(Br)cc2F)c(NS(=O)(=O)C2(CC(O)CO)CC2)c2n(c1=O)CCC2. The van der Waals surface area contributed by atoms with Crippen molar-refractivity contribution < 1.29 is 23.0 Å². The number of rotatable bonds is 8. The summed E-state index contributed by atoms with van der Waals surface area (Å²) in [7, 11) is -3.93. The summed E-state index contributed by atoms with van der Waals surface area (Å²) in [6.07, 6.45) is 0.884. The van der Waals surface area contributed by atoms with E-state index in [0.29, 0.717) is 64.8 Å². The Hall–Kier alpha value is -1.75. The van der Waals surface area contributed by atoms with Gasteiger partial charge in [-0.2, -0.15) is 0 Å². The monoisotopic (exact) mass is 528 g/mol. The second-order valence-electron chi connectivity index (χ2n) is 8.73. The van der Waals surface area contributed by atoms with Crippen molar-refractivity contribution in [2.75, 3.05) is 11.3 Å². The van der Waals surface area contributed by atoms with Gasteiger partial charge >= 0.3 is 0 Å². The lowest BCUT2D eigenvalue weighted by Gasteiger charge is -2.24. The average molecular weight is 529 g/mol. The van der Waals surface area contributed by atoms with Crippen LogP contribution in [0.25, 0.3) is 0 Å². The van der Waals surface area contributed by atoms with Gasteiger partial charge in [0.25, 0.3) is 5.56 Å². The van der Waals surface area contributed by atoms with E-state index < -0.39 is 33.3 Å². The maximum absolute atomic E-state index is 14.6. The number of hydrogen-bond acceptors (Lipinski definition) is 5. The van der Waals surface area contributed by atoms with Gasteiger partial charge in [0.05, 0.1) is 23.1 Å². The zero-order chi connectivity index (χ0) is 23.3. The quantitative estimate of drug-likeness (QED) is 0.488. The summed E-state index contributed by atoms with van der Waals surface area (Å²) in [5, 5.41) is 19.1. The van der Waals surface area contributed by atoms with Crippen molar-refractivity contribution in [1.29, 1.82) is 0 Å². The van der Waals surface area contributed by atoms with Crippen LogP contribution in [0, 0.1) is 12.7 Å². The Morgan fingerprint density at radius 3 is 2.69 bits per heavy atom. The van der Waals surface area contributed by atoms with E-state index in [9.17, 15) is 27.8 Å². The van der Waals surface area contributed by atoms with E-state index in [4.69, 9.17) is 0 Å². The Morgan fingerprint density at radius 2 is 2.06 bits per heavy atom. The molecule has 2 aliphatic rings. The van der Waals surface area contributed by atoms with Crippen LogP contribution >= 0.6 is 15.9 Å². The molecule has 2 heterocycles. The van der Waals surface area contributed by atoms with Crippen LogP contribution in [0.4, 0.5) is 10.1 Å². The maximum Gasteiger partial charge on any atom is 0.254 e. The fourth-order valence-electron chi connectivity index (χ4n) is 4.51. The molecule has 3 N–H and O–H groups in total. The third-order valence-electron chi connectivity index (χ3n) is 6.54. The number of sulfonamides is 1. The molecule has 10 heteroatoms. The number of fused-ring (bicyclic) bond motifs is 1. The summed E-state index contributed by atoms with van der Waals surface area (Å²) < 4.78 is 45.1. The molecule has 1 aromatic carbocycles. The molecule has 0 amide bonds. The third kappa shape index (κ3) is 4.13. The average Bonchev–Trinajstić information content (AvgIpc) is 3.36. The van der Waals surface area contributed by atoms with Crippen LogP contribution in [-0.2, 0) is 29.4 Å². The minimum Gasteiger partial charge on any atom is -0.394 e. The van der Waals surface area contributed by atoms with E-state index in [-0.39, 0.29) is 18.4 Å². The van der Waals surface area contributed by atoms with E-state index in [0.717, 1.165) is 0 Å². The maximum atomic E-state index is 14.6. The molecule has 4 rings (SSSR count). The number of aliphatic hydroxyl groups excluding tert-OH is 2. The lowest BCUT2D eigenvalue weighted by molar-refractivity contribution is 0.0858. The fourth-order valence-corrected chi connectivity index (χ4v) is 6.62. The van der Waals surface area contributed by atoms with Gasteiger partial charge in [-0.3, -0.25) is 9.52 Å². The van der Waals surface area contributed by atoms with E-state index in [1.807, 2.05) is 0 Å². The van der Waals surface area contributed by atoms with Crippen molar-refractivity contribution in [3.8, 4) is 0 Å². The van der Waals surface area contributed by atoms with E-state index in [1.165, 1.54) is 6.07 Å². The normalized spacial score (nSPS) is 17.8. The van der Waals surface area contributed by atoms with E-state index >= 15 is 0 Å². The first kappa shape index (κ1) is 23.4. The van der Waals surface area contributed by atoms with Crippen LogP contribution in [0.2, 0.25) is 0 Å². The van der Waals surface area contributed by atoms with Crippen molar-refractivity contribution in [3.05, 3.63) is 61.2 Å². The van der Waals surface area contributed by atoms with Crippen LogP contribution in [0.1, 0.15) is 48.1 Å². The molecule has 1 aromatic heterocycles. The highest BCUT2D eigenvalue weighted by molar-refractivity contribution is 9.10. The first-order valence-electron chi connectivity index (χ1n) is 10.6. The summed E-state index contributed by atoms with van der Waals surface area (Å²) in [5.74, 6) is -0.446. The highest BCUT2D eigenvalue weighted by Crippen LogP contribution is 2.48. The molecule has 1 aliphatic carbocycles. The van der Waals surface area contributed by atoms with Gasteiger partial charge in [-0.25, -0.2) is 12.8 Å². The number of nitrogens with one attached hydrogen (secondary N) is 1. The van der Waals surface area contributed by atoms with Crippen molar-refractivity contribution in [2.24, 2.45) is 0 Å². The first-order valence-corrected chi connectivity index (χ1v) is 12.9. The Kier molecular flexibility index (Phi) is 6.26. The highest BCUT2D eigenvalue weighted by atomic mass is 79.9. The molecule has 0 spiro atoms. The van der Waals surface area contributed by atoms with Gasteiger partial charge in [-0.1, -0.05) is 22.0 Å². The van der Waals surface area contributed by atoms with Crippen LogP contribution < -0.4 is 10.3 Å². The number of benzene rings is 1. The molecule has 0 bridgehead atoms. The molecule has 1 fully saturated rings. The molecule has 1 unspecified atom stereocenters. The van der Waals surface area contributed by atoms with Crippen molar-refractivity contribution in [3.63, 3.8) is 0 Å². The number of halogens is 2. The number of pyridine rings is 1. The number of aliphatic hydroxyl groups is 2. The van der Waals surface area contributed by atoms with Crippen LogP contribution in [0.15, 0.2) is 27.5 Å². The Morgan fingerprint density at radius 1 is 1.34 bits per heavy atom. The molecule has 1 saturated carbocycles. The zero-order valence-electron chi connectivity index (χ0n) is 17.7. The predicted molar refractivity (Wildman–Crippen MR) is 123 cm³/mol. The molecular weight excluding hydrogens is 503 g/mol. The molecule has 7 nitrogen and oxygen atoms in total. The van der Waals surface area contributed by atoms with Gasteiger partial charge in [-0.05, 0) is 62.3 Å². The van der Waals surface area contributed by atoms with Gasteiger partial charge in [0.15, 0.2) is 0 Å². The second kappa shape index (κ2) is 8.55. The first-order chi connectivity index (χ1) is 15.1. The third-order valence-corrected chi connectivity index (χ3v) is 9.23. The van der Waals surface area contributed by atoms with Crippen LogP contribution in [-0.4, -0.2) is 40.7 Å². The lowest BCUT2D eigenvalue weighted by atomic mass is 9.98. The Balaban J connectivity index is 1.80. The highest BCUT2D eigenvalue weighted by Gasteiger charge is 2.55. The minimum absolute atomic E-state index is 0.0660. The van der Waals surface area contributed by atoms with E-state index in [2.05, 4.69) is 20.7 Å². The molecule has 0 radical (unpaired) electrons. The van der Waals surface area contributed by atoms with Crippen LogP contribution in [0.5, 0.6) is 0 Å². The number of anilines is 1. The summed E-state index contributed by atoms with van der Waals surface area (Å²) in [6.45, 7) is 1.63. The summed E-state index contributed by atoms with van der Waals surface area (Å²) in [5.41, 5.74) is 1.96. The largest absolute Gasteiger partial charge is 0.394 e. The predicted octanol–water partition coefficient (Wildman–Crippen LogP) is 2.61. The minimum atomic E-state index is -3.93. The molecule has 32 heavy (non-hydrogen) atoms. The molecule has 1 atom stereocenters. The van der Waals surface area contributed by atoms with Gasteiger partial charge in [0.1, 0.15) is 5.82 Å². The number of hydrogen-bond donors (Lipinski definition) is 3. The van der Waals surface area contributed by atoms with Gasteiger partial charge in [0, 0.05) is 28.7 Å². The lowest BCUT2D eigenvalue weighted by Crippen LogP contribution is -2.36. The van der Waals surface area contributed by atoms with Crippen molar-refractivity contribution in [1.82, 2.24) is 4.57 Å². The zero-order valence-corrected chi connectivity index (χ0v) is 20.1. The molecular formula is C22H26BrFN2O5S. The topological polar surface area (TPSA) is 109 Å².